The average Bonchev–Trinajstić information content (AvgIpc) is 2.96. The van der Waals surface area contributed by atoms with Crippen molar-refractivity contribution >= 4 is 16.8 Å². The number of carbonyl (C=O) groups is 1. The van der Waals surface area contributed by atoms with Crippen LogP contribution < -0.4 is 10.1 Å². The number of aryl methyl sites for hydroxylation is 1. The number of carbonyl (C=O) groups excluding carboxylic acids is 1. The Hall–Kier alpha value is -3.17. The summed E-state index contributed by atoms with van der Waals surface area (Å²) in [6.45, 7) is 0.190. The highest BCUT2D eigenvalue weighted by atomic mass is 19.4. The molecule has 0 radical (unpaired) electrons. The van der Waals surface area contributed by atoms with Crippen molar-refractivity contribution < 1.29 is 27.1 Å². The first kappa shape index (κ1) is 19.6. The van der Waals surface area contributed by atoms with Gasteiger partial charge in [-0.1, -0.05) is 0 Å². The van der Waals surface area contributed by atoms with E-state index in [1.807, 2.05) is 0 Å². The molecule has 1 aromatic carbocycles. The lowest BCUT2D eigenvalue weighted by atomic mass is 10.2. The molecule has 0 spiro atoms. The van der Waals surface area contributed by atoms with Crippen LogP contribution in [0.4, 0.5) is 17.6 Å². The van der Waals surface area contributed by atoms with Crippen molar-refractivity contribution in [2.45, 2.75) is 19.1 Å². The van der Waals surface area contributed by atoms with E-state index >= 15 is 0 Å². The van der Waals surface area contributed by atoms with Crippen LogP contribution in [0.5, 0.6) is 5.88 Å². The second kappa shape index (κ2) is 7.45. The van der Waals surface area contributed by atoms with Gasteiger partial charge in [0.2, 0.25) is 5.88 Å². The average molecular weight is 396 g/mol. The Morgan fingerprint density at radius 1 is 1.25 bits per heavy atom. The SMILES string of the molecule is C[C@@H](NC(=O)c1cc2ccc(F)cc2n1C)c1cnc(OCC(F)(F)F)cn1. The summed E-state index contributed by atoms with van der Waals surface area (Å²) >= 11 is 0. The van der Waals surface area contributed by atoms with Crippen molar-refractivity contribution in [2.24, 2.45) is 7.05 Å². The van der Waals surface area contributed by atoms with Crippen LogP contribution in [0.25, 0.3) is 10.9 Å². The van der Waals surface area contributed by atoms with Gasteiger partial charge >= 0.3 is 6.18 Å². The van der Waals surface area contributed by atoms with Crippen molar-refractivity contribution in [1.82, 2.24) is 19.9 Å². The highest BCUT2D eigenvalue weighted by Crippen LogP contribution is 2.21. The summed E-state index contributed by atoms with van der Waals surface area (Å²) < 4.78 is 55.9. The largest absolute Gasteiger partial charge is 0.467 e. The van der Waals surface area contributed by atoms with E-state index in [1.165, 1.54) is 18.3 Å². The van der Waals surface area contributed by atoms with Gasteiger partial charge in [-0.25, -0.2) is 9.37 Å². The molecule has 0 unspecified atom stereocenters. The molecule has 0 bridgehead atoms. The van der Waals surface area contributed by atoms with E-state index in [1.54, 1.807) is 30.7 Å². The summed E-state index contributed by atoms with van der Waals surface area (Å²) in [5.41, 5.74) is 1.24. The molecule has 1 atom stereocenters. The molecule has 0 fully saturated rings. The minimum atomic E-state index is -4.47. The second-order valence-corrected chi connectivity index (χ2v) is 6.17. The molecule has 2 heterocycles. The number of fused-ring (bicyclic) bond motifs is 1. The zero-order valence-corrected chi connectivity index (χ0v) is 14.9. The van der Waals surface area contributed by atoms with Gasteiger partial charge in [-0.2, -0.15) is 13.2 Å². The molecule has 10 heteroatoms. The molecule has 3 rings (SSSR count). The molecule has 1 N–H and O–H groups in total. The van der Waals surface area contributed by atoms with Gasteiger partial charge in [-0.05, 0) is 31.2 Å². The minimum absolute atomic E-state index is 0.268. The highest BCUT2D eigenvalue weighted by molar-refractivity contribution is 5.98. The predicted molar refractivity (Wildman–Crippen MR) is 92.3 cm³/mol. The molecule has 0 saturated carbocycles. The molecule has 28 heavy (non-hydrogen) atoms. The van der Waals surface area contributed by atoms with Crippen LogP contribution >= 0.6 is 0 Å². The molecule has 148 valence electrons. The van der Waals surface area contributed by atoms with E-state index in [9.17, 15) is 22.4 Å². The summed E-state index contributed by atoms with van der Waals surface area (Å²) in [5.74, 6) is -1.08. The standard InChI is InChI=1S/C18H16F4N4O2/c1-10(13-7-24-16(8-23-13)28-9-18(20,21)22)25-17(27)15-5-11-3-4-12(19)6-14(11)26(15)2/h3-8,10H,9H2,1-2H3,(H,25,27)/t10-/m1/s1. The van der Waals surface area contributed by atoms with E-state index in [4.69, 9.17) is 0 Å². The summed E-state index contributed by atoms with van der Waals surface area (Å²) in [6.07, 6.45) is -2.18. The Morgan fingerprint density at radius 3 is 2.64 bits per heavy atom. The summed E-state index contributed by atoms with van der Waals surface area (Å²) in [7, 11) is 1.65. The number of nitrogens with one attached hydrogen (secondary N) is 1. The lowest BCUT2D eigenvalue weighted by molar-refractivity contribution is -0.154. The summed E-state index contributed by atoms with van der Waals surface area (Å²) in [5, 5.41) is 3.44. The Balaban J connectivity index is 1.70. The number of aromatic nitrogens is 3. The third-order valence-electron chi connectivity index (χ3n) is 4.06. The molecule has 0 aliphatic heterocycles. The van der Waals surface area contributed by atoms with Crippen LogP contribution in [0.15, 0.2) is 36.7 Å². The van der Waals surface area contributed by atoms with E-state index < -0.39 is 30.5 Å². The number of ether oxygens (including phenoxy) is 1. The van der Waals surface area contributed by atoms with Gasteiger partial charge in [-0.3, -0.25) is 9.78 Å². The number of halogens is 4. The molecule has 1 amide bonds. The minimum Gasteiger partial charge on any atom is -0.467 e. The molecular weight excluding hydrogens is 380 g/mol. The van der Waals surface area contributed by atoms with Crippen molar-refractivity contribution in [3.63, 3.8) is 0 Å². The molecule has 6 nitrogen and oxygen atoms in total. The molecule has 0 aliphatic rings. The quantitative estimate of drug-likeness (QED) is 0.670. The van der Waals surface area contributed by atoms with Gasteiger partial charge < -0.3 is 14.6 Å². The van der Waals surface area contributed by atoms with Crippen LogP contribution in [0.1, 0.15) is 29.1 Å². The number of hydrogen-bond donors (Lipinski definition) is 1. The van der Waals surface area contributed by atoms with E-state index in [0.717, 1.165) is 6.20 Å². The van der Waals surface area contributed by atoms with Crippen LogP contribution in [-0.2, 0) is 7.05 Å². The monoisotopic (exact) mass is 396 g/mol. The predicted octanol–water partition coefficient (Wildman–Crippen LogP) is 3.54. The molecule has 2 aromatic heterocycles. The maximum atomic E-state index is 13.4. The molecule has 0 saturated heterocycles. The first-order chi connectivity index (χ1) is 13.1. The summed E-state index contributed by atoms with van der Waals surface area (Å²) in [6, 6.07) is 5.30. The van der Waals surface area contributed by atoms with Gasteiger partial charge in [-0.15, -0.1) is 0 Å². The Bertz CT molecular complexity index is 999. The fourth-order valence-corrected chi connectivity index (χ4v) is 2.65. The molecule has 3 aromatic rings. The van der Waals surface area contributed by atoms with Gasteiger partial charge in [0.1, 0.15) is 11.5 Å². The van der Waals surface area contributed by atoms with Gasteiger partial charge in [0.05, 0.1) is 29.6 Å². The van der Waals surface area contributed by atoms with E-state index in [2.05, 4.69) is 20.0 Å². The van der Waals surface area contributed by atoms with Crippen molar-refractivity contribution in [3.05, 3.63) is 53.9 Å². The number of nitrogens with zero attached hydrogens (tertiary/aromatic N) is 3. The lowest BCUT2D eigenvalue weighted by Crippen LogP contribution is -2.28. The van der Waals surface area contributed by atoms with Crippen molar-refractivity contribution in [3.8, 4) is 5.88 Å². The van der Waals surface area contributed by atoms with Crippen LogP contribution in [-0.4, -0.2) is 33.2 Å². The third kappa shape index (κ3) is 4.38. The van der Waals surface area contributed by atoms with Crippen molar-refractivity contribution in [1.29, 1.82) is 0 Å². The maximum absolute atomic E-state index is 13.4. The molecule has 0 aliphatic carbocycles. The fraction of sp³-hybridized carbons (Fsp3) is 0.278. The first-order valence-electron chi connectivity index (χ1n) is 8.21. The second-order valence-electron chi connectivity index (χ2n) is 6.17. The maximum Gasteiger partial charge on any atom is 0.422 e. The Kier molecular flexibility index (Phi) is 5.21. The Labute approximate surface area is 157 Å². The van der Waals surface area contributed by atoms with E-state index in [0.29, 0.717) is 22.3 Å². The third-order valence-corrected chi connectivity index (χ3v) is 4.06. The Morgan fingerprint density at radius 2 is 2.00 bits per heavy atom. The fourth-order valence-electron chi connectivity index (χ4n) is 2.65. The number of benzene rings is 1. The normalized spacial score (nSPS) is 12.8. The summed E-state index contributed by atoms with van der Waals surface area (Å²) in [4.78, 5) is 20.3. The lowest BCUT2D eigenvalue weighted by Gasteiger charge is -2.14. The smallest absolute Gasteiger partial charge is 0.422 e. The number of amides is 1. The van der Waals surface area contributed by atoms with Crippen molar-refractivity contribution in [2.75, 3.05) is 6.61 Å². The topological polar surface area (TPSA) is 69.0 Å². The number of alkyl halides is 3. The van der Waals surface area contributed by atoms with Crippen LogP contribution in [0, 0.1) is 5.82 Å². The van der Waals surface area contributed by atoms with Gasteiger partial charge in [0, 0.05) is 12.4 Å². The molecular formula is C18H16F4N4O2. The van der Waals surface area contributed by atoms with Gasteiger partial charge in [0.15, 0.2) is 6.61 Å². The van der Waals surface area contributed by atoms with E-state index in [-0.39, 0.29) is 5.88 Å². The van der Waals surface area contributed by atoms with Crippen LogP contribution in [0.2, 0.25) is 0 Å². The zero-order valence-electron chi connectivity index (χ0n) is 14.9. The zero-order chi connectivity index (χ0) is 20.5. The van der Waals surface area contributed by atoms with Crippen LogP contribution in [0.3, 0.4) is 0 Å². The first-order valence-corrected chi connectivity index (χ1v) is 8.21. The number of hydrogen-bond acceptors (Lipinski definition) is 4. The highest BCUT2D eigenvalue weighted by Gasteiger charge is 2.28. The van der Waals surface area contributed by atoms with Gasteiger partial charge in [0.25, 0.3) is 5.91 Å². The number of rotatable bonds is 5.